The van der Waals surface area contributed by atoms with Crippen molar-refractivity contribution in [1.82, 2.24) is 20.2 Å². The third-order valence-corrected chi connectivity index (χ3v) is 10.6. The topological polar surface area (TPSA) is 111 Å². The summed E-state index contributed by atoms with van der Waals surface area (Å²) in [7, 11) is 0. The zero-order chi connectivity index (χ0) is 27.9. The molecule has 1 aromatic carbocycles. The van der Waals surface area contributed by atoms with Crippen LogP contribution in [0.4, 0.5) is 11.5 Å². The minimum atomic E-state index is -0.350. The molecule has 4 saturated heterocycles. The molecule has 8 rings (SSSR count). The van der Waals surface area contributed by atoms with Gasteiger partial charge in [0.05, 0.1) is 29.6 Å². The summed E-state index contributed by atoms with van der Waals surface area (Å²) in [5.74, 6) is 0.285. The van der Waals surface area contributed by atoms with Gasteiger partial charge in [-0.25, -0.2) is 0 Å². The van der Waals surface area contributed by atoms with Crippen LogP contribution in [0.2, 0.25) is 5.02 Å². The van der Waals surface area contributed by atoms with Gasteiger partial charge in [-0.05, 0) is 75.6 Å². The van der Waals surface area contributed by atoms with Crippen LogP contribution in [0.1, 0.15) is 61.3 Å². The van der Waals surface area contributed by atoms with Gasteiger partial charge in [-0.2, -0.15) is 9.97 Å². The van der Waals surface area contributed by atoms with E-state index in [1.807, 2.05) is 6.07 Å². The summed E-state index contributed by atoms with van der Waals surface area (Å²) in [6, 6.07) is 3.82. The van der Waals surface area contributed by atoms with Crippen LogP contribution < -0.4 is 19.9 Å². The number of aromatic hydroxyl groups is 1. The number of carbonyl (C=O) groups is 2. The van der Waals surface area contributed by atoms with Crippen LogP contribution in [0.3, 0.4) is 0 Å². The molecule has 5 aliphatic heterocycles. The molecule has 11 heteroatoms. The van der Waals surface area contributed by atoms with Crippen molar-refractivity contribution in [2.24, 2.45) is 11.8 Å². The second-order valence-electron chi connectivity index (χ2n) is 12.7. The first-order valence-electron chi connectivity index (χ1n) is 15.0. The molecule has 2 unspecified atom stereocenters. The van der Waals surface area contributed by atoms with E-state index in [1.54, 1.807) is 6.07 Å². The Morgan fingerprint density at radius 2 is 1.76 bits per heavy atom. The maximum atomic E-state index is 12.4. The van der Waals surface area contributed by atoms with Crippen LogP contribution in [0.25, 0.3) is 0 Å². The van der Waals surface area contributed by atoms with Crippen LogP contribution in [-0.4, -0.2) is 76.7 Å². The molecule has 2 N–H and O–H groups in total. The Morgan fingerprint density at radius 1 is 1.02 bits per heavy atom. The Bertz CT molecular complexity index is 1410. The lowest BCUT2D eigenvalue weighted by molar-refractivity contribution is -0.126. The predicted molar refractivity (Wildman–Crippen MR) is 152 cm³/mol. The van der Waals surface area contributed by atoms with Crippen molar-refractivity contribution in [1.29, 1.82) is 0 Å². The van der Waals surface area contributed by atoms with Crippen molar-refractivity contribution >= 4 is 34.9 Å². The van der Waals surface area contributed by atoms with Crippen molar-refractivity contribution in [2.45, 2.75) is 62.9 Å². The molecule has 1 saturated carbocycles. The second kappa shape index (κ2) is 9.46. The van der Waals surface area contributed by atoms with Gasteiger partial charge in [0.2, 0.25) is 11.8 Å². The molecule has 0 radical (unpaired) electrons. The number of nitrogens with zero attached hydrogens (tertiary/aromatic N) is 5. The van der Waals surface area contributed by atoms with E-state index in [1.165, 1.54) is 12.8 Å². The van der Waals surface area contributed by atoms with Gasteiger partial charge in [0.15, 0.2) is 0 Å². The first kappa shape index (κ1) is 25.6. The van der Waals surface area contributed by atoms with Crippen LogP contribution in [0, 0.1) is 11.8 Å². The fraction of sp³-hybridized carbons (Fsp3) is 0.600. The molecule has 2 aromatic rings. The number of rotatable bonds is 6. The molecule has 2 atom stereocenters. The molecular formula is C30H35ClN6O4. The summed E-state index contributed by atoms with van der Waals surface area (Å²) < 4.78 is 6.43. The molecule has 2 amide bonds. The summed E-state index contributed by atoms with van der Waals surface area (Å²) in [5.41, 5.74) is 4.07. The Kier molecular flexibility index (Phi) is 5.90. The number of anilines is 2. The smallest absolute Gasteiger partial charge is 0.318 e. The monoisotopic (exact) mass is 578 g/mol. The number of hydrogen-bond acceptors (Lipinski definition) is 9. The lowest BCUT2D eigenvalue weighted by atomic mass is 9.95. The third kappa shape index (κ3) is 4.24. The highest BCUT2D eigenvalue weighted by atomic mass is 35.5. The summed E-state index contributed by atoms with van der Waals surface area (Å²) >= 11 is 6.64. The van der Waals surface area contributed by atoms with E-state index in [0.717, 1.165) is 73.6 Å². The Labute approximate surface area is 244 Å². The van der Waals surface area contributed by atoms with E-state index >= 15 is 0 Å². The average molecular weight is 579 g/mol. The molecule has 41 heavy (non-hydrogen) atoms. The summed E-state index contributed by atoms with van der Waals surface area (Å²) in [6.07, 6.45) is 7.56. The molecule has 0 bridgehead atoms. The fourth-order valence-electron chi connectivity index (χ4n) is 8.02. The molecule has 5 fully saturated rings. The molecule has 216 valence electrons. The number of imide groups is 1. The number of fused-ring (bicyclic) bond motifs is 3. The first-order chi connectivity index (χ1) is 19.9. The van der Waals surface area contributed by atoms with E-state index in [2.05, 4.69) is 20.0 Å². The molecule has 1 aromatic heterocycles. The molecule has 1 aliphatic carbocycles. The minimum Gasteiger partial charge on any atom is -0.508 e. The highest BCUT2D eigenvalue weighted by Gasteiger charge is 2.49. The molecule has 0 spiro atoms. The van der Waals surface area contributed by atoms with Crippen molar-refractivity contribution in [2.75, 3.05) is 49.1 Å². The highest BCUT2D eigenvalue weighted by molar-refractivity contribution is 6.32. The van der Waals surface area contributed by atoms with Gasteiger partial charge in [0.1, 0.15) is 18.2 Å². The minimum absolute atomic E-state index is 0.0676. The highest BCUT2D eigenvalue weighted by Crippen LogP contribution is 2.50. The lowest BCUT2D eigenvalue weighted by Crippen LogP contribution is -2.43. The van der Waals surface area contributed by atoms with Crippen LogP contribution >= 0.6 is 11.6 Å². The number of carbonyl (C=O) groups excluding carboxylic acids is 2. The zero-order valence-corrected chi connectivity index (χ0v) is 23.8. The number of phenols is 1. The van der Waals surface area contributed by atoms with Gasteiger partial charge in [0.25, 0.3) is 0 Å². The molecular weight excluding hydrogens is 544 g/mol. The van der Waals surface area contributed by atoms with Gasteiger partial charge in [-0.1, -0.05) is 11.6 Å². The third-order valence-electron chi connectivity index (χ3n) is 10.3. The maximum Gasteiger partial charge on any atom is 0.318 e. The zero-order valence-electron chi connectivity index (χ0n) is 23.1. The van der Waals surface area contributed by atoms with Crippen LogP contribution in [0.5, 0.6) is 11.8 Å². The maximum absolute atomic E-state index is 12.4. The fourth-order valence-corrected chi connectivity index (χ4v) is 8.39. The number of ether oxygens (including phenoxy) is 1. The van der Waals surface area contributed by atoms with E-state index < -0.39 is 0 Å². The van der Waals surface area contributed by atoms with E-state index in [-0.39, 0.29) is 34.9 Å². The number of benzene rings is 1. The summed E-state index contributed by atoms with van der Waals surface area (Å²) in [4.78, 5) is 41.7. The average Bonchev–Trinajstić information content (AvgIpc) is 3.26. The van der Waals surface area contributed by atoms with E-state index in [0.29, 0.717) is 49.6 Å². The SMILES string of the molecule is O=C1NC(=O)C2CN(c3nc(OCC45CCCN4CCC5)nc4c3CCN(c3cc(O)cc(Cl)c3C3CC3)C4)CC12. The number of aromatic nitrogens is 2. The van der Waals surface area contributed by atoms with E-state index in [4.69, 9.17) is 26.3 Å². The van der Waals surface area contributed by atoms with Crippen molar-refractivity contribution < 1.29 is 19.4 Å². The molecule has 6 heterocycles. The number of phenolic OH excluding ortho intramolecular Hbond substituents is 1. The van der Waals surface area contributed by atoms with Crippen molar-refractivity contribution in [3.63, 3.8) is 0 Å². The molecule has 10 nitrogen and oxygen atoms in total. The standard InChI is InChI=1S/C30H35ClN6O4/c31-22-11-18(38)12-24(25(22)17-3-4-17)35-10-5-19-23(15-35)32-29(41-16-30-6-1-8-37(30)9-2-7-30)33-26(19)36-13-20-21(14-36)28(40)34-27(20)39/h11-12,17,20-21,38H,1-10,13-16H2,(H,34,39,40). The van der Waals surface area contributed by atoms with Crippen LogP contribution in [-0.2, 0) is 22.6 Å². The van der Waals surface area contributed by atoms with Crippen molar-refractivity contribution in [3.05, 3.63) is 34.0 Å². The molecule has 6 aliphatic rings. The Hall–Kier alpha value is -3.11. The number of hydrogen-bond donors (Lipinski definition) is 2. The predicted octanol–water partition coefficient (Wildman–Crippen LogP) is 2.99. The largest absolute Gasteiger partial charge is 0.508 e. The Balaban J connectivity index is 1.14. The Morgan fingerprint density at radius 3 is 2.46 bits per heavy atom. The number of halogens is 1. The van der Waals surface area contributed by atoms with Gasteiger partial charge in [-0.3, -0.25) is 19.8 Å². The lowest BCUT2D eigenvalue weighted by Gasteiger charge is -2.35. The van der Waals surface area contributed by atoms with Crippen molar-refractivity contribution in [3.8, 4) is 11.8 Å². The van der Waals surface area contributed by atoms with Gasteiger partial charge < -0.3 is 19.6 Å². The van der Waals surface area contributed by atoms with Gasteiger partial charge >= 0.3 is 6.01 Å². The van der Waals surface area contributed by atoms with E-state index in [9.17, 15) is 14.7 Å². The quantitative estimate of drug-likeness (QED) is 0.500. The number of nitrogens with one attached hydrogen (secondary N) is 1. The summed E-state index contributed by atoms with van der Waals surface area (Å²) in [6.45, 7) is 4.99. The normalized spacial score (nSPS) is 26.8. The number of amides is 2. The van der Waals surface area contributed by atoms with Gasteiger partial charge in [0, 0.05) is 42.0 Å². The van der Waals surface area contributed by atoms with Gasteiger partial charge in [-0.15, -0.1) is 0 Å². The second-order valence-corrected chi connectivity index (χ2v) is 13.1. The first-order valence-corrected chi connectivity index (χ1v) is 15.4. The summed E-state index contributed by atoms with van der Waals surface area (Å²) in [5, 5.41) is 13.5. The van der Waals surface area contributed by atoms with Crippen LogP contribution in [0.15, 0.2) is 12.1 Å².